The van der Waals surface area contributed by atoms with Crippen LogP contribution in [-0.2, 0) is 14.4 Å². The fourth-order valence-corrected chi connectivity index (χ4v) is 3.44. The van der Waals surface area contributed by atoms with Gasteiger partial charge in [-0.15, -0.1) is 0 Å². The van der Waals surface area contributed by atoms with Gasteiger partial charge in [0.25, 0.3) is 17.7 Å². The molecule has 0 saturated carbocycles. The molecule has 0 aromatic heterocycles. The molecule has 2 N–H and O–H groups in total. The monoisotopic (exact) mass is 457 g/mol. The Kier molecular flexibility index (Phi) is 6.56. The molecule has 33 heavy (non-hydrogen) atoms. The van der Waals surface area contributed by atoms with Gasteiger partial charge in [-0.2, -0.15) is 0 Å². The Morgan fingerprint density at radius 3 is 2.24 bits per heavy atom. The maximum Gasteiger partial charge on any atom is 0.270 e. The summed E-state index contributed by atoms with van der Waals surface area (Å²) in [5, 5.41) is 5.32. The maximum absolute atomic E-state index is 13.0. The lowest BCUT2D eigenvalue weighted by Crippen LogP contribution is -2.54. The summed E-state index contributed by atoms with van der Waals surface area (Å²) in [6.45, 7) is -0.153. The van der Waals surface area contributed by atoms with E-state index in [1.807, 2.05) is 24.3 Å². The lowest BCUT2D eigenvalue weighted by molar-refractivity contribution is -0.122. The molecule has 0 bridgehead atoms. The van der Waals surface area contributed by atoms with Crippen molar-refractivity contribution in [3.8, 4) is 5.75 Å². The Morgan fingerprint density at radius 1 is 0.939 bits per heavy atom. The van der Waals surface area contributed by atoms with Gasteiger partial charge in [0.15, 0.2) is 11.7 Å². The summed E-state index contributed by atoms with van der Waals surface area (Å²) in [6, 6.07) is 24.7. The third-order valence-corrected chi connectivity index (χ3v) is 5.02. The molecule has 8 heteroatoms. The van der Waals surface area contributed by atoms with Crippen molar-refractivity contribution < 1.29 is 19.1 Å². The van der Waals surface area contributed by atoms with Crippen LogP contribution in [0.25, 0.3) is 6.08 Å². The van der Waals surface area contributed by atoms with E-state index in [-0.39, 0.29) is 23.2 Å². The number of anilines is 2. The number of ether oxygens (including phenoxy) is 1. The Hall–Kier alpha value is -4.30. The number of thiocarbonyl (C=S) groups is 1. The average molecular weight is 458 g/mol. The lowest BCUT2D eigenvalue weighted by Gasteiger charge is -2.28. The van der Waals surface area contributed by atoms with Crippen molar-refractivity contribution in [3.63, 3.8) is 0 Å². The van der Waals surface area contributed by atoms with Crippen LogP contribution in [0.5, 0.6) is 5.75 Å². The number of amides is 3. The van der Waals surface area contributed by atoms with Gasteiger partial charge in [-0.1, -0.05) is 48.5 Å². The van der Waals surface area contributed by atoms with Crippen molar-refractivity contribution in [3.05, 3.63) is 96.1 Å². The van der Waals surface area contributed by atoms with E-state index in [0.717, 1.165) is 0 Å². The largest absolute Gasteiger partial charge is 0.484 e. The molecular formula is C25H19N3O4S. The first-order valence-corrected chi connectivity index (χ1v) is 10.5. The second kappa shape index (κ2) is 9.88. The summed E-state index contributed by atoms with van der Waals surface area (Å²) in [7, 11) is 0. The minimum absolute atomic E-state index is 0.0332. The Morgan fingerprint density at radius 2 is 1.58 bits per heavy atom. The van der Waals surface area contributed by atoms with E-state index in [1.54, 1.807) is 60.7 Å². The first-order valence-electron chi connectivity index (χ1n) is 10.1. The number of benzene rings is 3. The van der Waals surface area contributed by atoms with E-state index in [1.165, 1.54) is 11.0 Å². The number of hydrogen-bond acceptors (Lipinski definition) is 5. The lowest BCUT2D eigenvalue weighted by atomic mass is 10.1. The van der Waals surface area contributed by atoms with Crippen LogP contribution in [0.4, 0.5) is 11.4 Å². The molecule has 3 aromatic rings. The molecule has 0 unspecified atom stereocenters. The first-order chi connectivity index (χ1) is 16.0. The van der Waals surface area contributed by atoms with Crippen LogP contribution in [0.1, 0.15) is 5.56 Å². The van der Waals surface area contributed by atoms with Crippen LogP contribution in [0.3, 0.4) is 0 Å². The first kappa shape index (κ1) is 21.9. The second-order valence-corrected chi connectivity index (χ2v) is 7.45. The van der Waals surface area contributed by atoms with Crippen molar-refractivity contribution in [2.75, 3.05) is 16.8 Å². The topological polar surface area (TPSA) is 87.7 Å². The number of para-hydroxylation sites is 2. The van der Waals surface area contributed by atoms with Gasteiger partial charge in [-0.05, 0) is 60.3 Å². The summed E-state index contributed by atoms with van der Waals surface area (Å²) in [6.07, 6.45) is 1.49. The second-order valence-electron chi connectivity index (χ2n) is 7.07. The normalized spacial score (nSPS) is 14.7. The molecule has 0 radical (unpaired) electrons. The molecule has 164 valence electrons. The van der Waals surface area contributed by atoms with Crippen LogP contribution in [0, 0.1) is 0 Å². The van der Waals surface area contributed by atoms with Crippen molar-refractivity contribution in [2.24, 2.45) is 0 Å². The summed E-state index contributed by atoms with van der Waals surface area (Å²) in [5.41, 5.74) is 1.84. The highest BCUT2D eigenvalue weighted by Crippen LogP contribution is 2.22. The van der Waals surface area contributed by atoms with E-state index in [9.17, 15) is 14.4 Å². The van der Waals surface area contributed by atoms with Gasteiger partial charge < -0.3 is 10.1 Å². The number of hydrogen-bond donors (Lipinski definition) is 2. The smallest absolute Gasteiger partial charge is 0.270 e. The molecule has 3 amide bonds. The number of nitrogens with zero attached hydrogens (tertiary/aromatic N) is 1. The van der Waals surface area contributed by atoms with Crippen LogP contribution in [0.2, 0.25) is 0 Å². The van der Waals surface area contributed by atoms with Gasteiger partial charge in [0, 0.05) is 5.69 Å². The van der Waals surface area contributed by atoms with Gasteiger partial charge >= 0.3 is 0 Å². The molecule has 4 rings (SSSR count). The summed E-state index contributed by atoms with van der Waals surface area (Å²) in [4.78, 5) is 38.7. The third kappa shape index (κ3) is 5.31. The highest BCUT2D eigenvalue weighted by atomic mass is 32.1. The van der Waals surface area contributed by atoms with Gasteiger partial charge in [0.05, 0.1) is 5.69 Å². The predicted molar refractivity (Wildman–Crippen MR) is 130 cm³/mol. The Bertz CT molecular complexity index is 1230. The molecule has 1 saturated heterocycles. The van der Waals surface area contributed by atoms with Gasteiger partial charge in [0.2, 0.25) is 0 Å². The van der Waals surface area contributed by atoms with Gasteiger partial charge in [0.1, 0.15) is 11.3 Å². The summed E-state index contributed by atoms with van der Waals surface area (Å²) in [5.74, 6) is -0.872. The third-order valence-electron chi connectivity index (χ3n) is 4.73. The van der Waals surface area contributed by atoms with E-state index in [4.69, 9.17) is 17.0 Å². The fraction of sp³-hybridized carbons (Fsp3) is 0.0400. The number of carbonyl (C=O) groups excluding carboxylic acids is 3. The van der Waals surface area contributed by atoms with Gasteiger partial charge in [-0.25, -0.2) is 0 Å². The standard InChI is InChI=1S/C25H19N3O4S/c29-22(26-18-7-3-1-4-8-18)16-32-20-13-11-17(12-14-20)15-21-23(30)27-25(33)28(24(21)31)19-9-5-2-6-10-19/h1-15H,16H2,(H,26,29)(H,27,30,33)/b21-15-. The quantitative estimate of drug-likeness (QED) is 0.336. The van der Waals surface area contributed by atoms with Crippen LogP contribution in [0.15, 0.2) is 90.5 Å². The zero-order valence-electron chi connectivity index (χ0n) is 17.4. The zero-order chi connectivity index (χ0) is 23.2. The molecule has 0 aliphatic carbocycles. The highest BCUT2D eigenvalue weighted by molar-refractivity contribution is 7.80. The van der Waals surface area contributed by atoms with Crippen LogP contribution < -0.4 is 20.3 Å². The number of nitrogens with one attached hydrogen (secondary N) is 2. The molecule has 1 aliphatic rings. The summed E-state index contributed by atoms with van der Waals surface area (Å²) >= 11 is 5.19. The SMILES string of the molecule is O=C(COc1ccc(/C=C2/C(=O)NC(=S)N(c3ccccc3)C2=O)cc1)Nc1ccccc1. The minimum atomic E-state index is -0.560. The van der Waals surface area contributed by atoms with Gasteiger partial charge in [-0.3, -0.25) is 24.6 Å². The van der Waals surface area contributed by atoms with E-state index in [0.29, 0.717) is 22.7 Å². The average Bonchev–Trinajstić information content (AvgIpc) is 2.82. The number of rotatable bonds is 6. The van der Waals surface area contributed by atoms with Crippen molar-refractivity contribution in [2.45, 2.75) is 0 Å². The van der Waals surface area contributed by atoms with E-state index in [2.05, 4.69) is 10.6 Å². The predicted octanol–water partition coefficient (Wildman–Crippen LogP) is 3.54. The number of carbonyl (C=O) groups is 3. The molecule has 0 spiro atoms. The van der Waals surface area contributed by atoms with Crippen molar-refractivity contribution in [1.29, 1.82) is 0 Å². The molecule has 0 atom stereocenters. The van der Waals surface area contributed by atoms with Crippen LogP contribution in [-0.4, -0.2) is 29.4 Å². The maximum atomic E-state index is 13.0. The molecule has 1 heterocycles. The Balaban J connectivity index is 1.43. The van der Waals surface area contributed by atoms with E-state index < -0.39 is 11.8 Å². The zero-order valence-corrected chi connectivity index (χ0v) is 18.2. The summed E-state index contributed by atoms with van der Waals surface area (Å²) < 4.78 is 5.51. The molecule has 1 aliphatic heterocycles. The molecule has 1 fully saturated rings. The van der Waals surface area contributed by atoms with E-state index >= 15 is 0 Å². The Labute approximate surface area is 195 Å². The highest BCUT2D eigenvalue weighted by Gasteiger charge is 2.34. The molecular weight excluding hydrogens is 438 g/mol. The fourth-order valence-electron chi connectivity index (χ4n) is 3.16. The minimum Gasteiger partial charge on any atom is -0.484 e. The van der Waals surface area contributed by atoms with Crippen molar-refractivity contribution >= 4 is 52.5 Å². The molecule has 7 nitrogen and oxygen atoms in total. The van der Waals surface area contributed by atoms with Crippen LogP contribution >= 0.6 is 12.2 Å². The van der Waals surface area contributed by atoms with Crippen molar-refractivity contribution in [1.82, 2.24) is 5.32 Å². The molecule has 3 aromatic carbocycles.